The summed E-state index contributed by atoms with van der Waals surface area (Å²) in [7, 11) is 0. The lowest BCUT2D eigenvalue weighted by molar-refractivity contribution is 0.102. The minimum Gasteiger partial charge on any atom is -0.486 e. The van der Waals surface area contributed by atoms with E-state index in [1.165, 1.54) is 0 Å². The summed E-state index contributed by atoms with van der Waals surface area (Å²) in [4.78, 5) is 12.2. The number of nitrogens with zero attached hydrogens (tertiary/aromatic N) is 2. The van der Waals surface area contributed by atoms with Gasteiger partial charge in [-0.25, -0.2) is 0 Å². The summed E-state index contributed by atoms with van der Waals surface area (Å²) in [5.74, 6) is 1.61. The molecular weight excluding hydrogens is 296 g/mol. The van der Waals surface area contributed by atoms with Gasteiger partial charge in [-0.2, -0.15) is 0 Å². The van der Waals surface area contributed by atoms with Gasteiger partial charge in [-0.1, -0.05) is 0 Å². The summed E-state index contributed by atoms with van der Waals surface area (Å²) in [5.41, 5.74) is 0.861. The Labute approximate surface area is 134 Å². The minimum absolute atomic E-state index is 0.245. The summed E-state index contributed by atoms with van der Waals surface area (Å²) < 4.78 is 10.9. The predicted molar refractivity (Wildman–Crippen MR) is 86.2 cm³/mol. The second-order valence-electron chi connectivity index (χ2n) is 5.42. The van der Waals surface area contributed by atoms with E-state index < -0.39 is 0 Å². The van der Waals surface area contributed by atoms with Gasteiger partial charge < -0.3 is 20.1 Å². The molecular formula is C16H18N4O3. The molecule has 1 aliphatic rings. The first-order valence-electron chi connectivity index (χ1n) is 7.43. The van der Waals surface area contributed by atoms with Crippen molar-refractivity contribution in [2.45, 2.75) is 19.9 Å². The van der Waals surface area contributed by atoms with Crippen LogP contribution in [0.4, 0.5) is 11.5 Å². The molecule has 1 aromatic heterocycles. The SMILES string of the molecule is CC(C)Nc1ccc(C(=O)Nc2ccc3c(c2)OCCO3)nn1. The van der Waals surface area contributed by atoms with Crippen molar-refractivity contribution in [3.8, 4) is 11.5 Å². The van der Waals surface area contributed by atoms with Crippen molar-refractivity contribution < 1.29 is 14.3 Å². The maximum Gasteiger partial charge on any atom is 0.276 e. The summed E-state index contributed by atoms with van der Waals surface area (Å²) >= 11 is 0. The number of hydrogen-bond donors (Lipinski definition) is 2. The highest BCUT2D eigenvalue weighted by atomic mass is 16.6. The fourth-order valence-electron chi connectivity index (χ4n) is 2.14. The first-order chi connectivity index (χ1) is 11.1. The minimum atomic E-state index is -0.328. The van der Waals surface area contributed by atoms with Gasteiger partial charge in [-0.3, -0.25) is 4.79 Å². The molecule has 23 heavy (non-hydrogen) atoms. The van der Waals surface area contributed by atoms with Crippen molar-refractivity contribution in [2.75, 3.05) is 23.8 Å². The number of aromatic nitrogens is 2. The van der Waals surface area contributed by atoms with Crippen LogP contribution in [0.25, 0.3) is 0 Å². The van der Waals surface area contributed by atoms with E-state index in [-0.39, 0.29) is 17.6 Å². The van der Waals surface area contributed by atoms with Gasteiger partial charge in [0.25, 0.3) is 5.91 Å². The normalized spacial score (nSPS) is 12.8. The second kappa shape index (κ2) is 6.51. The van der Waals surface area contributed by atoms with E-state index in [4.69, 9.17) is 9.47 Å². The number of benzene rings is 1. The van der Waals surface area contributed by atoms with E-state index in [9.17, 15) is 4.79 Å². The van der Waals surface area contributed by atoms with E-state index in [0.717, 1.165) is 0 Å². The molecule has 0 saturated heterocycles. The molecule has 0 aliphatic carbocycles. The van der Waals surface area contributed by atoms with Crippen molar-refractivity contribution in [3.05, 3.63) is 36.0 Å². The van der Waals surface area contributed by atoms with Crippen molar-refractivity contribution >= 4 is 17.4 Å². The molecule has 1 aliphatic heterocycles. The van der Waals surface area contributed by atoms with Crippen LogP contribution in [-0.2, 0) is 0 Å². The van der Waals surface area contributed by atoms with Gasteiger partial charge >= 0.3 is 0 Å². The lowest BCUT2D eigenvalue weighted by Crippen LogP contribution is -2.17. The Balaban J connectivity index is 1.69. The number of fused-ring (bicyclic) bond motifs is 1. The number of carbonyl (C=O) groups excluding carboxylic acids is 1. The molecule has 2 aromatic rings. The van der Waals surface area contributed by atoms with Crippen molar-refractivity contribution in [2.24, 2.45) is 0 Å². The Morgan fingerprint density at radius 1 is 1.09 bits per heavy atom. The van der Waals surface area contributed by atoms with Crippen LogP contribution in [0.15, 0.2) is 30.3 Å². The summed E-state index contributed by atoms with van der Waals surface area (Å²) in [6.07, 6.45) is 0. The van der Waals surface area contributed by atoms with Crippen LogP contribution in [0.3, 0.4) is 0 Å². The van der Waals surface area contributed by atoms with E-state index in [1.807, 2.05) is 13.8 Å². The fraction of sp³-hybridized carbons (Fsp3) is 0.312. The van der Waals surface area contributed by atoms with E-state index >= 15 is 0 Å². The Hall–Kier alpha value is -2.83. The first-order valence-corrected chi connectivity index (χ1v) is 7.43. The van der Waals surface area contributed by atoms with Crippen LogP contribution in [0.2, 0.25) is 0 Å². The zero-order chi connectivity index (χ0) is 16.2. The highest BCUT2D eigenvalue weighted by molar-refractivity contribution is 6.02. The average Bonchev–Trinajstić information content (AvgIpc) is 2.55. The molecule has 0 fully saturated rings. The Kier molecular flexibility index (Phi) is 4.27. The molecule has 0 spiro atoms. The van der Waals surface area contributed by atoms with Gasteiger partial charge in [0.15, 0.2) is 17.2 Å². The highest BCUT2D eigenvalue weighted by Gasteiger charge is 2.14. The van der Waals surface area contributed by atoms with E-state index in [1.54, 1.807) is 30.3 Å². The number of anilines is 2. The van der Waals surface area contributed by atoms with Gasteiger partial charge in [0, 0.05) is 17.8 Å². The molecule has 0 radical (unpaired) electrons. The number of carbonyl (C=O) groups is 1. The van der Waals surface area contributed by atoms with Crippen molar-refractivity contribution in [1.29, 1.82) is 0 Å². The van der Waals surface area contributed by atoms with Crippen LogP contribution in [0, 0.1) is 0 Å². The molecule has 2 heterocycles. The van der Waals surface area contributed by atoms with Gasteiger partial charge in [0.1, 0.15) is 19.0 Å². The second-order valence-corrected chi connectivity index (χ2v) is 5.42. The molecule has 7 nitrogen and oxygen atoms in total. The lowest BCUT2D eigenvalue weighted by atomic mass is 10.2. The van der Waals surface area contributed by atoms with E-state index in [0.29, 0.717) is 36.2 Å². The fourth-order valence-corrected chi connectivity index (χ4v) is 2.14. The quantitative estimate of drug-likeness (QED) is 0.901. The van der Waals surface area contributed by atoms with E-state index in [2.05, 4.69) is 20.8 Å². The molecule has 1 amide bonds. The van der Waals surface area contributed by atoms with Crippen LogP contribution in [0.1, 0.15) is 24.3 Å². The maximum absolute atomic E-state index is 12.2. The third kappa shape index (κ3) is 3.68. The number of rotatable bonds is 4. The predicted octanol–water partition coefficient (Wildman–Crippen LogP) is 2.32. The standard InChI is InChI=1S/C16H18N4O3/c1-10(2)17-15-6-4-12(19-20-15)16(21)18-11-3-5-13-14(9-11)23-8-7-22-13/h3-6,9-10H,7-8H2,1-2H3,(H,17,20)(H,18,21). The Morgan fingerprint density at radius 2 is 1.87 bits per heavy atom. The molecule has 3 rings (SSSR count). The number of hydrogen-bond acceptors (Lipinski definition) is 6. The van der Waals surface area contributed by atoms with Gasteiger partial charge in [0.2, 0.25) is 0 Å². The molecule has 0 unspecified atom stereocenters. The zero-order valence-corrected chi connectivity index (χ0v) is 13.0. The van der Waals surface area contributed by atoms with Crippen LogP contribution in [-0.4, -0.2) is 35.4 Å². The molecule has 7 heteroatoms. The lowest BCUT2D eigenvalue weighted by Gasteiger charge is -2.18. The number of nitrogens with one attached hydrogen (secondary N) is 2. The molecule has 120 valence electrons. The summed E-state index contributed by atoms with van der Waals surface area (Å²) in [6, 6.07) is 8.87. The third-order valence-corrected chi connectivity index (χ3v) is 3.13. The zero-order valence-electron chi connectivity index (χ0n) is 13.0. The van der Waals surface area contributed by atoms with Crippen molar-refractivity contribution in [3.63, 3.8) is 0 Å². The van der Waals surface area contributed by atoms with Crippen LogP contribution < -0.4 is 20.1 Å². The Morgan fingerprint density at radius 3 is 2.57 bits per heavy atom. The largest absolute Gasteiger partial charge is 0.486 e. The maximum atomic E-state index is 12.2. The molecule has 0 atom stereocenters. The van der Waals surface area contributed by atoms with Crippen LogP contribution in [0.5, 0.6) is 11.5 Å². The van der Waals surface area contributed by atoms with Gasteiger partial charge in [0.05, 0.1) is 0 Å². The topological polar surface area (TPSA) is 85.4 Å². The first kappa shape index (κ1) is 15.1. The van der Waals surface area contributed by atoms with Gasteiger partial charge in [-0.15, -0.1) is 10.2 Å². The Bertz CT molecular complexity index is 701. The number of ether oxygens (including phenoxy) is 2. The summed E-state index contributed by atoms with van der Waals surface area (Å²) in [5, 5.41) is 13.8. The monoisotopic (exact) mass is 314 g/mol. The molecule has 2 N–H and O–H groups in total. The third-order valence-electron chi connectivity index (χ3n) is 3.13. The van der Waals surface area contributed by atoms with Crippen LogP contribution >= 0.6 is 0 Å². The summed E-state index contributed by atoms with van der Waals surface area (Å²) in [6.45, 7) is 5.04. The molecule has 0 bridgehead atoms. The molecule has 1 aromatic carbocycles. The highest BCUT2D eigenvalue weighted by Crippen LogP contribution is 2.32. The molecule has 0 saturated carbocycles. The smallest absolute Gasteiger partial charge is 0.276 e. The number of amides is 1. The average molecular weight is 314 g/mol. The van der Waals surface area contributed by atoms with Crippen molar-refractivity contribution in [1.82, 2.24) is 10.2 Å². The van der Waals surface area contributed by atoms with Gasteiger partial charge in [-0.05, 0) is 38.1 Å².